The molecular formula is C23H26F3N5O4. The zero-order valence-electron chi connectivity index (χ0n) is 19.5. The summed E-state index contributed by atoms with van der Waals surface area (Å²) < 4.78 is 48.4. The second kappa shape index (κ2) is 9.25. The van der Waals surface area contributed by atoms with Gasteiger partial charge in [-0.15, -0.1) is 13.2 Å². The van der Waals surface area contributed by atoms with Crippen LogP contribution < -0.4 is 15.0 Å². The van der Waals surface area contributed by atoms with E-state index in [1.165, 1.54) is 28.9 Å². The summed E-state index contributed by atoms with van der Waals surface area (Å²) in [6.07, 6.45) is -3.67. The maximum absolute atomic E-state index is 12.5. The number of aromatic nitrogens is 3. The van der Waals surface area contributed by atoms with Gasteiger partial charge >= 0.3 is 12.5 Å². The molecule has 0 bridgehead atoms. The van der Waals surface area contributed by atoms with Crippen LogP contribution in [0.25, 0.3) is 16.7 Å². The van der Waals surface area contributed by atoms with E-state index in [9.17, 15) is 23.1 Å². The number of benzene rings is 1. The van der Waals surface area contributed by atoms with Crippen LogP contribution in [0.3, 0.4) is 0 Å². The average Bonchev–Trinajstić information content (AvgIpc) is 3.34. The van der Waals surface area contributed by atoms with Gasteiger partial charge in [-0.2, -0.15) is 5.10 Å². The van der Waals surface area contributed by atoms with E-state index in [1.54, 1.807) is 12.3 Å². The third-order valence-electron chi connectivity index (χ3n) is 5.25. The monoisotopic (exact) mass is 493 g/mol. The Bertz CT molecular complexity index is 1200. The first-order valence-electron chi connectivity index (χ1n) is 11.0. The molecule has 0 radical (unpaired) electrons. The van der Waals surface area contributed by atoms with Gasteiger partial charge in [-0.1, -0.05) is 0 Å². The molecule has 1 aromatic carbocycles. The van der Waals surface area contributed by atoms with Gasteiger partial charge in [0.15, 0.2) is 5.65 Å². The number of fused-ring (bicyclic) bond motifs is 1. The number of pyridine rings is 1. The van der Waals surface area contributed by atoms with Crippen LogP contribution in [0, 0.1) is 0 Å². The van der Waals surface area contributed by atoms with Crippen LogP contribution in [0.4, 0.5) is 23.7 Å². The Hall–Kier alpha value is -3.54. The number of anilines is 1. The molecule has 1 atom stereocenters. The van der Waals surface area contributed by atoms with Crippen LogP contribution in [0.15, 0.2) is 36.5 Å². The fraction of sp³-hybridized carbons (Fsp3) is 0.435. The largest absolute Gasteiger partial charge is 0.573 e. The van der Waals surface area contributed by atoms with Gasteiger partial charge in [0.25, 0.3) is 0 Å². The van der Waals surface area contributed by atoms with Crippen LogP contribution >= 0.6 is 0 Å². The molecule has 1 aliphatic rings. The van der Waals surface area contributed by atoms with Crippen molar-refractivity contribution in [1.29, 1.82) is 0 Å². The van der Waals surface area contributed by atoms with Crippen molar-refractivity contribution in [1.82, 2.24) is 20.1 Å². The number of hydrogen-bond donors (Lipinski definition) is 2. The Kier molecular flexibility index (Phi) is 6.50. The first-order chi connectivity index (χ1) is 16.4. The predicted octanol–water partition coefficient (Wildman–Crippen LogP) is 3.91. The fourth-order valence-corrected chi connectivity index (χ4v) is 3.87. The zero-order valence-corrected chi connectivity index (χ0v) is 19.5. The summed E-state index contributed by atoms with van der Waals surface area (Å²) in [6.45, 7) is 6.37. The first kappa shape index (κ1) is 24.6. The second-order valence-electron chi connectivity index (χ2n) is 9.27. The molecule has 12 heteroatoms. The highest BCUT2D eigenvalue weighted by Crippen LogP contribution is 2.33. The van der Waals surface area contributed by atoms with E-state index in [-0.39, 0.29) is 12.4 Å². The van der Waals surface area contributed by atoms with Crippen LogP contribution in [0.5, 0.6) is 5.75 Å². The molecule has 0 saturated carbocycles. The molecule has 1 fully saturated rings. The Morgan fingerprint density at radius 2 is 1.91 bits per heavy atom. The molecule has 1 saturated heterocycles. The number of nitrogens with one attached hydrogen (secondary N) is 1. The molecule has 9 nitrogen and oxygen atoms in total. The molecular weight excluding hydrogens is 467 g/mol. The van der Waals surface area contributed by atoms with Crippen molar-refractivity contribution in [2.45, 2.75) is 51.8 Å². The summed E-state index contributed by atoms with van der Waals surface area (Å²) in [7, 11) is 0. The highest BCUT2D eigenvalue weighted by Gasteiger charge is 2.31. The molecule has 1 amide bonds. The smallest absolute Gasteiger partial charge is 0.443 e. The number of nitrogens with zero attached hydrogens (tertiary/aromatic N) is 4. The Morgan fingerprint density at radius 3 is 2.51 bits per heavy atom. The Balaban J connectivity index is 1.72. The van der Waals surface area contributed by atoms with Gasteiger partial charge in [0.2, 0.25) is 0 Å². The van der Waals surface area contributed by atoms with E-state index in [4.69, 9.17) is 4.74 Å². The number of alkyl carbamates (subject to hydrolysis) is 1. The van der Waals surface area contributed by atoms with E-state index in [1.807, 2.05) is 25.7 Å². The van der Waals surface area contributed by atoms with E-state index in [0.717, 1.165) is 5.69 Å². The third-order valence-corrected chi connectivity index (χ3v) is 5.25. The number of carbonyl (C=O) groups is 1. The number of hydrogen-bond acceptors (Lipinski definition) is 7. The van der Waals surface area contributed by atoms with Gasteiger partial charge in [-0.25, -0.2) is 14.5 Å². The number of rotatable bonds is 5. The molecule has 0 aliphatic carbocycles. The minimum absolute atomic E-state index is 0.157. The van der Waals surface area contributed by atoms with Gasteiger partial charge in [-0.05, 0) is 57.5 Å². The predicted molar refractivity (Wildman–Crippen MR) is 121 cm³/mol. The zero-order chi connectivity index (χ0) is 25.4. The van der Waals surface area contributed by atoms with Crippen molar-refractivity contribution >= 4 is 22.8 Å². The van der Waals surface area contributed by atoms with Crippen molar-refractivity contribution in [3.05, 3.63) is 42.2 Å². The quantitative estimate of drug-likeness (QED) is 0.556. The molecule has 1 aliphatic heterocycles. The van der Waals surface area contributed by atoms with Crippen molar-refractivity contribution < 1.29 is 32.5 Å². The number of β-amino-alcohol motifs (C(OH)–C–C–N with tert-alkyl or cyclic N) is 1. The van der Waals surface area contributed by atoms with Crippen LogP contribution in [0.2, 0.25) is 0 Å². The highest BCUT2D eigenvalue weighted by molar-refractivity contribution is 5.93. The molecule has 3 heterocycles. The molecule has 2 aromatic heterocycles. The standard InChI is InChI=1S/C23H26F3N5O4/c1-22(2,3)28-21(33)34-13-17-19-18(30-11-9-15(32)12-30)8-10-27-20(19)31(29-17)14-4-6-16(7-5-14)35-23(24,25)26/h4-8,10,15,32H,9,11-13H2,1-3H3,(H,28,33)/t15-/m1/s1. The van der Waals surface area contributed by atoms with Gasteiger partial charge in [0.1, 0.15) is 18.1 Å². The number of aliphatic hydroxyl groups excluding tert-OH is 1. The summed E-state index contributed by atoms with van der Waals surface area (Å²) in [6, 6.07) is 7.02. The van der Waals surface area contributed by atoms with Gasteiger partial charge in [-0.3, -0.25) is 0 Å². The lowest BCUT2D eigenvalue weighted by molar-refractivity contribution is -0.274. The fourth-order valence-electron chi connectivity index (χ4n) is 3.87. The minimum Gasteiger partial charge on any atom is -0.443 e. The maximum atomic E-state index is 12.5. The number of aliphatic hydroxyl groups is 1. The summed E-state index contributed by atoms with van der Waals surface area (Å²) in [5, 5.41) is 18.0. The lowest BCUT2D eigenvalue weighted by Gasteiger charge is -2.20. The van der Waals surface area contributed by atoms with Crippen molar-refractivity contribution in [2.24, 2.45) is 0 Å². The van der Waals surface area contributed by atoms with E-state index in [0.29, 0.717) is 41.9 Å². The van der Waals surface area contributed by atoms with Crippen LogP contribution in [-0.2, 0) is 11.3 Å². The first-order valence-corrected chi connectivity index (χ1v) is 11.0. The molecule has 188 valence electrons. The molecule has 0 unspecified atom stereocenters. The minimum atomic E-state index is -4.80. The lowest BCUT2D eigenvalue weighted by Crippen LogP contribution is -2.40. The topological polar surface area (TPSA) is 102 Å². The van der Waals surface area contributed by atoms with Crippen LogP contribution in [0.1, 0.15) is 32.9 Å². The average molecular weight is 493 g/mol. The van der Waals surface area contributed by atoms with Crippen molar-refractivity contribution in [3.63, 3.8) is 0 Å². The van der Waals surface area contributed by atoms with Crippen molar-refractivity contribution in [2.75, 3.05) is 18.0 Å². The van der Waals surface area contributed by atoms with E-state index < -0.39 is 24.1 Å². The third kappa shape index (κ3) is 5.94. The summed E-state index contributed by atoms with van der Waals surface area (Å²) in [4.78, 5) is 18.7. The molecule has 0 spiro atoms. The Morgan fingerprint density at radius 1 is 1.20 bits per heavy atom. The SMILES string of the molecule is CC(C)(C)NC(=O)OCc1nn(-c2ccc(OC(F)(F)F)cc2)c2nccc(N3CC[C@@H](O)C3)c12. The molecule has 35 heavy (non-hydrogen) atoms. The Labute approximate surface area is 199 Å². The van der Waals surface area contributed by atoms with E-state index in [2.05, 4.69) is 20.1 Å². The lowest BCUT2D eigenvalue weighted by atomic mass is 10.1. The van der Waals surface area contributed by atoms with Crippen molar-refractivity contribution in [3.8, 4) is 11.4 Å². The summed E-state index contributed by atoms with van der Waals surface area (Å²) in [5.74, 6) is -0.361. The summed E-state index contributed by atoms with van der Waals surface area (Å²) >= 11 is 0. The van der Waals surface area contributed by atoms with Gasteiger partial charge in [0, 0.05) is 24.8 Å². The molecule has 2 N–H and O–H groups in total. The summed E-state index contributed by atoms with van der Waals surface area (Å²) in [5.41, 5.74) is 1.58. The van der Waals surface area contributed by atoms with Gasteiger partial charge < -0.3 is 24.8 Å². The number of halogens is 3. The number of alkyl halides is 3. The van der Waals surface area contributed by atoms with E-state index >= 15 is 0 Å². The normalized spacial score (nSPS) is 16.5. The highest BCUT2D eigenvalue weighted by atomic mass is 19.4. The number of amides is 1. The second-order valence-corrected chi connectivity index (χ2v) is 9.27. The number of carbonyl (C=O) groups excluding carboxylic acids is 1. The maximum Gasteiger partial charge on any atom is 0.573 e. The van der Waals surface area contributed by atoms with Crippen LogP contribution in [-0.4, -0.2) is 57.1 Å². The molecule has 3 aromatic rings. The molecule has 4 rings (SSSR count). The van der Waals surface area contributed by atoms with Gasteiger partial charge in [0.05, 0.1) is 22.9 Å². The number of ether oxygens (including phenoxy) is 2.